The maximum absolute atomic E-state index is 11.0. The van der Waals surface area contributed by atoms with Gasteiger partial charge >= 0.3 is 5.97 Å². The Bertz CT molecular complexity index is 826. The lowest BCUT2D eigenvalue weighted by Crippen LogP contribution is -1.94. The summed E-state index contributed by atoms with van der Waals surface area (Å²) in [4.78, 5) is 15.6. The smallest absolute Gasteiger partial charge is 0.335 e. The van der Waals surface area contributed by atoms with Gasteiger partial charge in [0.2, 0.25) is 0 Å². The van der Waals surface area contributed by atoms with Crippen LogP contribution in [0.2, 0.25) is 0 Å². The number of carboxylic acid groups (broad SMARTS) is 1. The summed E-state index contributed by atoms with van der Waals surface area (Å²) in [5.41, 5.74) is 3.32. The van der Waals surface area contributed by atoms with Gasteiger partial charge in [-0.25, -0.2) is 9.78 Å². The minimum Gasteiger partial charge on any atom is -0.478 e. The van der Waals surface area contributed by atoms with Crippen LogP contribution in [-0.2, 0) is 0 Å². The van der Waals surface area contributed by atoms with Gasteiger partial charge in [0.15, 0.2) is 0 Å². The van der Waals surface area contributed by atoms with Gasteiger partial charge in [0.25, 0.3) is 0 Å². The van der Waals surface area contributed by atoms with Crippen LogP contribution in [-0.4, -0.2) is 16.1 Å². The molecule has 0 amide bonds. The van der Waals surface area contributed by atoms with Crippen molar-refractivity contribution in [2.45, 2.75) is 6.92 Å². The molecule has 3 nitrogen and oxygen atoms in total. The van der Waals surface area contributed by atoms with E-state index in [9.17, 15) is 4.79 Å². The molecule has 0 spiro atoms. The number of thiazole rings is 1. The Morgan fingerprint density at radius 2 is 2.10 bits per heavy atom. The molecule has 3 rings (SSSR count). The van der Waals surface area contributed by atoms with Crippen LogP contribution in [0.5, 0.6) is 0 Å². The van der Waals surface area contributed by atoms with Crippen LogP contribution in [0.4, 0.5) is 0 Å². The monoisotopic (exact) mass is 347 g/mol. The van der Waals surface area contributed by atoms with Crippen molar-refractivity contribution in [2.24, 2.45) is 0 Å². The van der Waals surface area contributed by atoms with Crippen LogP contribution < -0.4 is 0 Å². The number of carbonyl (C=O) groups is 1. The van der Waals surface area contributed by atoms with Crippen LogP contribution in [0.3, 0.4) is 0 Å². The summed E-state index contributed by atoms with van der Waals surface area (Å²) in [6.45, 7) is 2.04. The van der Waals surface area contributed by atoms with Gasteiger partial charge in [-0.15, -0.1) is 11.3 Å². The van der Waals surface area contributed by atoms with Gasteiger partial charge in [0, 0.05) is 10.0 Å². The number of benzene rings is 2. The fourth-order valence-electron chi connectivity index (χ4n) is 2.01. The van der Waals surface area contributed by atoms with E-state index in [-0.39, 0.29) is 0 Å². The van der Waals surface area contributed by atoms with E-state index >= 15 is 0 Å². The molecule has 0 fully saturated rings. The van der Waals surface area contributed by atoms with Crippen molar-refractivity contribution in [3.05, 3.63) is 52.0 Å². The van der Waals surface area contributed by atoms with Crippen molar-refractivity contribution < 1.29 is 9.90 Å². The maximum atomic E-state index is 11.0. The van der Waals surface area contributed by atoms with Crippen LogP contribution >= 0.6 is 27.3 Å². The number of aromatic nitrogens is 1. The predicted octanol–water partition coefficient (Wildman–Crippen LogP) is 4.73. The number of aromatic carboxylic acids is 1. The Kier molecular flexibility index (Phi) is 3.31. The van der Waals surface area contributed by atoms with Gasteiger partial charge in [-0.1, -0.05) is 28.1 Å². The third-order valence-electron chi connectivity index (χ3n) is 3.13. The summed E-state index contributed by atoms with van der Waals surface area (Å²) in [5.74, 6) is -0.916. The van der Waals surface area contributed by atoms with Crippen LogP contribution in [0.15, 0.2) is 40.9 Å². The molecule has 0 aliphatic heterocycles. The highest BCUT2D eigenvalue weighted by Crippen LogP contribution is 2.34. The molecule has 0 saturated heterocycles. The summed E-state index contributed by atoms with van der Waals surface area (Å²) < 4.78 is 1.93. The molecule has 5 heteroatoms. The lowest BCUT2D eigenvalue weighted by molar-refractivity contribution is 0.0697. The molecule has 20 heavy (non-hydrogen) atoms. The van der Waals surface area contributed by atoms with E-state index in [0.29, 0.717) is 5.56 Å². The van der Waals surface area contributed by atoms with Crippen molar-refractivity contribution in [3.63, 3.8) is 0 Å². The molecular formula is C15H10BrNO2S. The third kappa shape index (κ3) is 2.23. The van der Waals surface area contributed by atoms with E-state index in [4.69, 9.17) is 5.11 Å². The van der Waals surface area contributed by atoms with E-state index in [2.05, 4.69) is 20.9 Å². The van der Waals surface area contributed by atoms with E-state index in [1.54, 1.807) is 18.2 Å². The van der Waals surface area contributed by atoms with E-state index in [1.807, 2.05) is 25.1 Å². The molecule has 1 N–H and O–H groups in total. The molecule has 0 saturated carbocycles. The van der Waals surface area contributed by atoms with Crippen molar-refractivity contribution in [3.8, 4) is 10.6 Å². The average Bonchev–Trinajstić information content (AvgIpc) is 2.84. The first-order valence-corrected chi connectivity index (χ1v) is 7.56. The summed E-state index contributed by atoms with van der Waals surface area (Å²) in [7, 11) is 0. The van der Waals surface area contributed by atoms with E-state index < -0.39 is 5.97 Å². The Morgan fingerprint density at radius 3 is 2.85 bits per heavy atom. The quantitative estimate of drug-likeness (QED) is 0.728. The average molecular weight is 348 g/mol. The van der Waals surface area contributed by atoms with Gasteiger partial charge in [0.1, 0.15) is 5.01 Å². The maximum Gasteiger partial charge on any atom is 0.335 e. The van der Waals surface area contributed by atoms with Crippen molar-refractivity contribution in [1.82, 2.24) is 4.98 Å². The molecule has 1 heterocycles. The number of fused-ring (bicyclic) bond motifs is 1. The van der Waals surface area contributed by atoms with Crippen molar-refractivity contribution >= 4 is 43.5 Å². The number of nitrogens with zero attached hydrogens (tertiary/aromatic N) is 1. The van der Waals surface area contributed by atoms with Gasteiger partial charge in [0.05, 0.1) is 15.8 Å². The SMILES string of the molecule is Cc1c(Br)cccc1-c1nc2ccc(C(=O)O)cc2s1. The van der Waals surface area contributed by atoms with Crippen LogP contribution in [0, 0.1) is 6.92 Å². The Balaban J connectivity index is 2.18. The van der Waals surface area contributed by atoms with Crippen LogP contribution in [0.1, 0.15) is 15.9 Å². The highest BCUT2D eigenvalue weighted by molar-refractivity contribution is 9.10. The minimum atomic E-state index is -0.916. The second-order valence-corrected chi connectivity index (χ2v) is 6.30. The van der Waals surface area contributed by atoms with E-state index in [0.717, 1.165) is 30.8 Å². The van der Waals surface area contributed by atoms with Gasteiger partial charge in [-0.05, 0) is 36.8 Å². The molecule has 100 valence electrons. The van der Waals surface area contributed by atoms with Gasteiger partial charge in [-0.2, -0.15) is 0 Å². The first-order valence-electron chi connectivity index (χ1n) is 5.95. The van der Waals surface area contributed by atoms with Gasteiger partial charge < -0.3 is 5.11 Å². The lowest BCUT2D eigenvalue weighted by atomic mass is 10.1. The molecule has 0 radical (unpaired) electrons. The fourth-order valence-corrected chi connectivity index (χ4v) is 3.47. The number of hydrogen-bond acceptors (Lipinski definition) is 3. The molecule has 0 aliphatic carbocycles. The Hall–Kier alpha value is -1.72. The molecule has 1 aromatic heterocycles. The normalized spacial score (nSPS) is 10.9. The molecule has 0 bridgehead atoms. The van der Waals surface area contributed by atoms with Crippen molar-refractivity contribution in [2.75, 3.05) is 0 Å². The molecular weight excluding hydrogens is 338 g/mol. The minimum absolute atomic E-state index is 0.290. The number of rotatable bonds is 2. The second kappa shape index (κ2) is 5.00. The number of halogens is 1. The summed E-state index contributed by atoms with van der Waals surface area (Å²) in [6.07, 6.45) is 0. The molecule has 0 aliphatic rings. The highest BCUT2D eigenvalue weighted by atomic mass is 79.9. The molecule has 2 aromatic carbocycles. The summed E-state index contributed by atoms with van der Waals surface area (Å²) >= 11 is 5.03. The Labute approximate surface area is 128 Å². The fraction of sp³-hybridized carbons (Fsp3) is 0.0667. The van der Waals surface area contributed by atoms with E-state index in [1.165, 1.54) is 11.3 Å². The third-order valence-corrected chi connectivity index (χ3v) is 5.04. The summed E-state index contributed by atoms with van der Waals surface area (Å²) in [5, 5.41) is 9.93. The summed E-state index contributed by atoms with van der Waals surface area (Å²) in [6, 6.07) is 11.0. The number of carboxylic acids is 1. The lowest BCUT2D eigenvalue weighted by Gasteiger charge is -2.03. The zero-order valence-corrected chi connectivity index (χ0v) is 13.0. The number of hydrogen-bond donors (Lipinski definition) is 1. The molecule has 0 unspecified atom stereocenters. The predicted molar refractivity (Wildman–Crippen MR) is 84.5 cm³/mol. The first kappa shape index (κ1) is 13.3. The van der Waals surface area contributed by atoms with Gasteiger partial charge in [-0.3, -0.25) is 0 Å². The zero-order valence-electron chi connectivity index (χ0n) is 10.6. The largest absolute Gasteiger partial charge is 0.478 e. The standard InChI is InChI=1S/C15H10BrNO2S/c1-8-10(3-2-4-11(8)16)14-17-12-6-5-9(15(18)19)7-13(12)20-14/h2-7H,1H3,(H,18,19). The Morgan fingerprint density at radius 1 is 1.30 bits per heavy atom. The first-order chi connectivity index (χ1) is 9.56. The van der Waals surface area contributed by atoms with Crippen LogP contribution in [0.25, 0.3) is 20.8 Å². The molecule has 3 aromatic rings. The zero-order chi connectivity index (χ0) is 14.3. The molecule has 0 atom stereocenters. The second-order valence-electron chi connectivity index (χ2n) is 4.42. The topological polar surface area (TPSA) is 50.2 Å². The van der Waals surface area contributed by atoms with Crippen molar-refractivity contribution in [1.29, 1.82) is 0 Å². The highest BCUT2D eigenvalue weighted by Gasteiger charge is 2.12.